The third kappa shape index (κ3) is 6.43. The molecule has 2 aromatic rings. The summed E-state index contributed by atoms with van der Waals surface area (Å²) in [7, 11) is -3.23. The molecule has 2 amide bonds. The van der Waals surface area contributed by atoms with E-state index in [1.807, 2.05) is 0 Å². The Hall–Kier alpha value is -1.91. The number of ether oxygens (including phenoxy) is 1. The number of benzene rings is 1. The molecule has 0 aliphatic rings. The van der Waals surface area contributed by atoms with E-state index in [-0.39, 0.29) is 29.7 Å². The highest BCUT2D eigenvalue weighted by Gasteiger charge is 2.10. The van der Waals surface area contributed by atoms with Crippen molar-refractivity contribution < 1.29 is 22.7 Å². The van der Waals surface area contributed by atoms with Crippen molar-refractivity contribution in [2.24, 2.45) is 0 Å². The van der Waals surface area contributed by atoms with Gasteiger partial charge < -0.3 is 4.74 Å². The number of sulfone groups is 1. The minimum absolute atomic E-state index is 0.176. The lowest BCUT2D eigenvalue weighted by atomic mass is 10.3. The maximum absolute atomic E-state index is 11.8. The molecule has 0 spiro atoms. The molecule has 1 aromatic carbocycles. The van der Waals surface area contributed by atoms with Crippen molar-refractivity contribution >= 4 is 48.9 Å². The van der Waals surface area contributed by atoms with E-state index in [1.54, 1.807) is 24.3 Å². The van der Waals surface area contributed by atoms with Gasteiger partial charge in [-0.25, -0.2) is 8.42 Å². The van der Waals surface area contributed by atoms with Gasteiger partial charge in [-0.2, -0.15) is 0 Å². The number of nitrogens with one attached hydrogen (secondary N) is 2. The third-order valence-electron chi connectivity index (χ3n) is 3.18. The van der Waals surface area contributed by atoms with Gasteiger partial charge in [0.15, 0.2) is 9.84 Å². The maximum atomic E-state index is 11.8. The molecular weight excluding hydrogens is 444 g/mol. The fraction of sp³-hybridized carbons (Fsp3) is 0.250. The SMILES string of the molecule is CS(=O)(=O)c1ccc(OCCCC(=O)NNC(=O)c2ccc(Br)s2)cc1. The number of hydrogen-bond acceptors (Lipinski definition) is 6. The first-order chi connectivity index (χ1) is 12.3. The summed E-state index contributed by atoms with van der Waals surface area (Å²) in [5.74, 6) is -0.185. The predicted molar refractivity (Wildman–Crippen MR) is 102 cm³/mol. The van der Waals surface area contributed by atoms with Gasteiger partial charge in [-0.3, -0.25) is 20.4 Å². The van der Waals surface area contributed by atoms with Crippen LogP contribution < -0.4 is 15.6 Å². The summed E-state index contributed by atoms with van der Waals surface area (Å²) in [6.07, 6.45) is 1.76. The summed E-state index contributed by atoms with van der Waals surface area (Å²) in [6, 6.07) is 9.47. The van der Waals surface area contributed by atoms with Gasteiger partial charge in [0.2, 0.25) is 5.91 Å². The van der Waals surface area contributed by atoms with Crippen LogP contribution in [0.5, 0.6) is 5.75 Å². The summed E-state index contributed by atoms with van der Waals surface area (Å²) >= 11 is 4.53. The molecule has 140 valence electrons. The molecule has 0 radical (unpaired) electrons. The second kappa shape index (κ2) is 9.15. The summed E-state index contributed by atoms with van der Waals surface area (Å²) in [6.45, 7) is 0.289. The molecule has 1 aromatic heterocycles. The number of halogens is 1. The molecule has 2 N–H and O–H groups in total. The van der Waals surface area contributed by atoms with Crippen LogP contribution in [0.1, 0.15) is 22.5 Å². The summed E-state index contributed by atoms with van der Waals surface area (Å²) in [5, 5.41) is 0. The van der Waals surface area contributed by atoms with Crippen LogP contribution in [0.15, 0.2) is 45.1 Å². The van der Waals surface area contributed by atoms with E-state index in [4.69, 9.17) is 4.74 Å². The topological polar surface area (TPSA) is 102 Å². The third-order valence-corrected chi connectivity index (χ3v) is 5.93. The number of hydrazine groups is 1. The zero-order chi connectivity index (χ0) is 19.2. The van der Waals surface area contributed by atoms with Crippen molar-refractivity contribution in [3.63, 3.8) is 0 Å². The first kappa shape index (κ1) is 20.4. The van der Waals surface area contributed by atoms with Crippen molar-refractivity contribution in [3.05, 3.63) is 45.1 Å². The predicted octanol–water partition coefficient (Wildman–Crippen LogP) is 2.53. The largest absolute Gasteiger partial charge is 0.494 e. The number of rotatable bonds is 7. The van der Waals surface area contributed by atoms with Crippen LogP contribution in [0, 0.1) is 0 Å². The van der Waals surface area contributed by atoms with Gasteiger partial charge in [0, 0.05) is 12.7 Å². The number of carbonyl (C=O) groups excluding carboxylic acids is 2. The fourth-order valence-corrected chi connectivity index (χ4v) is 3.80. The lowest BCUT2D eigenvalue weighted by Crippen LogP contribution is -2.41. The van der Waals surface area contributed by atoms with E-state index in [0.29, 0.717) is 17.0 Å². The Morgan fingerprint density at radius 2 is 1.81 bits per heavy atom. The van der Waals surface area contributed by atoms with Crippen molar-refractivity contribution in [3.8, 4) is 5.75 Å². The lowest BCUT2D eigenvalue weighted by molar-refractivity contribution is -0.122. The molecule has 0 bridgehead atoms. The monoisotopic (exact) mass is 460 g/mol. The Kier molecular flexibility index (Phi) is 7.18. The quantitative estimate of drug-likeness (QED) is 0.488. The van der Waals surface area contributed by atoms with Gasteiger partial charge in [-0.1, -0.05) is 0 Å². The summed E-state index contributed by atoms with van der Waals surface area (Å²) < 4.78 is 29.0. The highest BCUT2D eigenvalue weighted by molar-refractivity contribution is 9.11. The van der Waals surface area contributed by atoms with Gasteiger partial charge in [0.25, 0.3) is 5.91 Å². The number of hydrogen-bond donors (Lipinski definition) is 2. The van der Waals surface area contributed by atoms with Crippen LogP contribution in [-0.2, 0) is 14.6 Å². The smallest absolute Gasteiger partial charge is 0.279 e. The van der Waals surface area contributed by atoms with Crippen LogP contribution in [-0.4, -0.2) is 33.1 Å². The highest BCUT2D eigenvalue weighted by Crippen LogP contribution is 2.21. The lowest BCUT2D eigenvalue weighted by Gasteiger charge is -2.08. The van der Waals surface area contributed by atoms with Crippen molar-refractivity contribution in [2.75, 3.05) is 12.9 Å². The molecule has 0 saturated carbocycles. The van der Waals surface area contributed by atoms with Gasteiger partial charge in [0.1, 0.15) is 5.75 Å². The number of thiophene rings is 1. The molecule has 0 saturated heterocycles. The van der Waals surface area contributed by atoms with Gasteiger partial charge in [-0.15, -0.1) is 11.3 Å². The Bertz CT molecular complexity index is 878. The highest BCUT2D eigenvalue weighted by atomic mass is 79.9. The van der Waals surface area contributed by atoms with Crippen LogP contribution in [0.3, 0.4) is 0 Å². The van der Waals surface area contributed by atoms with Crippen LogP contribution in [0.2, 0.25) is 0 Å². The molecular formula is C16H17BrN2O5S2. The first-order valence-corrected chi connectivity index (χ1v) is 11.0. The molecule has 7 nitrogen and oxygen atoms in total. The van der Waals surface area contributed by atoms with Crippen LogP contribution in [0.4, 0.5) is 0 Å². The van der Waals surface area contributed by atoms with E-state index in [1.165, 1.54) is 23.5 Å². The molecule has 0 aliphatic heterocycles. The zero-order valence-corrected chi connectivity index (χ0v) is 17.0. The molecule has 0 fully saturated rings. The number of amides is 2. The Balaban J connectivity index is 1.66. The molecule has 1 heterocycles. The Morgan fingerprint density at radius 1 is 1.12 bits per heavy atom. The minimum Gasteiger partial charge on any atom is -0.494 e. The minimum atomic E-state index is -3.23. The second-order valence-electron chi connectivity index (χ2n) is 5.30. The average Bonchev–Trinajstić information content (AvgIpc) is 3.03. The molecule has 10 heteroatoms. The molecule has 26 heavy (non-hydrogen) atoms. The van der Waals surface area contributed by atoms with Gasteiger partial charge in [-0.05, 0) is 58.7 Å². The van der Waals surface area contributed by atoms with Crippen molar-refractivity contribution in [2.45, 2.75) is 17.7 Å². The van der Waals surface area contributed by atoms with E-state index < -0.39 is 9.84 Å². The maximum Gasteiger partial charge on any atom is 0.279 e. The Morgan fingerprint density at radius 3 is 2.38 bits per heavy atom. The van der Waals surface area contributed by atoms with Gasteiger partial charge >= 0.3 is 0 Å². The fourth-order valence-electron chi connectivity index (χ4n) is 1.89. The molecule has 0 atom stereocenters. The molecule has 2 rings (SSSR count). The normalized spacial score (nSPS) is 11.0. The van der Waals surface area contributed by atoms with E-state index >= 15 is 0 Å². The first-order valence-electron chi connectivity index (χ1n) is 7.53. The van der Waals surface area contributed by atoms with Crippen LogP contribution in [0.25, 0.3) is 0 Å². The van der Waals surface area contributed by atoms with Crippen LogP contribution >= 0.6 is 27.3 Å². The zero-order valence-electron chi connectivity index (χ0n) is 13.8. The average molecular weight is 461 g/mol. The molecule has 0 aliphatic carbocycles. The second-order valence-corrected chi connectivity index (χ2v) is 9.78. The molecule has 0 unspecified atom stereocenters. The number of carbonyl (C=O) groups is 2. The van der Waals surface area contributed by atoms with Gasteiger partial charge in [0.05, 0.1) is 20.2 Å². The van der Waals surface area contributed by atoms with E-state index in [0.717, 1.165) is 10.0 Å². The Labute approximate surface area is 163 Å². The summed E-state index contributed by atoms with van der Waals surface area (Å²) in [5.41, 5.74) is 4.69. The van der Waals surface area contributed by atoms with E-state index in [9.17, 15) is 18.0 Å². The van der Waals surface area contributed by atoms with Crippen molar-refractivity contribution in [1.82, 2.24) is 10.9 Å². The standard InChI is InChI=1S/C16H17BrN2O5S2/c1-26(22,23)12-6-4-11(5-7-12)24-10-2-3-15(20)18-19-16(21)13-8-9-14(17)25-13/h4-9H,2-3,10H2,1H3,(H,18,20)(H,19,21). The van der Waals surface area contributed by atoms with Crippen molar-refractivity contribution in [1.29, 1.82) is 0 Å². The summed E-state index contributed by atoms with van der Waals surface area (Å²) in [4.78, 5) is 24.2. The van der Waals surface area contributed by atoms with E-state index in [2.05, 4.69) is 26.8 Å².